The lowest BCUT2D eigenvalue weighted by molar-refractivity contribution is 0.283. The minimum absolute atomic E-state index is 0.305. The maximum Gasteiger partial charge on any atom is 0.124 e. The number of rotatable bonds is 6. The summed E-state index contributed by atoms with van der Waals surface area (Å²) in [5, 5.41) is 8.76. The molecule has 1 aromatic rings. The fourth-order valence-corrected chi connectivity index (χ4v) is 2.32. The lowest BCUT2D eigenvalue weighted by Gasteiger charge is -2.15. The van der Waals surface area contributed by atoms with Crippen molar-refractivity contribution in [3.63, 3.8) is 0 Å². The minimum atomic E-state index is 0.305. The third-order valence-electron chi connectivity index (χ3n) is 3.44. The first kappa shape index (κ1) is 14.0. The van der Waals surface area contributed by atoms with Crippen LogP contribution in [0.5, 0.6) is 5.75 Å². The normalized spacial score (nSPS) is 10.6. The van der Waals surface area contributed by atoms with Gasteiger partial charge in [-0.15, -0.1) is 0 Å². The summed E-state index contributed by atoms with van der Waals surface area (Å²) in [6.45, 7) is 6.69. The highest BCUT2D eigenvalue weighted by atomic mass is 16.5. The Kier molecular flexibility index (Phi) is 5.49. The zero-order chi connectivity index (χ0) is 12.8. The molecule has 0 aliphatic rings. The van der Waals surface area contributed by atoms with Crippen molar-refractivity contribution in [2.24, 2.45) is 0 Å². The predicted octanol–water partition coefficient (Wildman–Crippen LogP) is 3.33. The second-order valence-electron chi connectivity index (χ2n) is 4.67. The molecule has 96 valence electrons. The van der Waals surface area contributed by atoms with E-state index in [0.29, 0.717) is 6.61 Å². The van der Waals surface area contributed by atoms with Crippen molar-refractivity contribution < 1.29 is 9.84 Å². The number of aryl methyl sites for hydroxylation is 2. The van der Waals surface area contributed by atoms with Gasteiger partial charge in [0.15, 0.2) is 0 Å². The van der Waals surface area contributed by atoms with Gasteiger partial charge in [0.1, 0.15) is 5.75 Å². The topological polar surface area (TPSA) is 29.5 Å². The third kappa shape index (κ3) is 3.47. The van der Waals surface area contributed by atoms with Gasteiger partial charge in [0.2, 0.25) is 0 Å². The molecule has 1 N–H and O–H groups in total. The van der Waals surface area contributed by atoms with E-state index in [9.17, 15) is 0 Å². The van der Waals surface area contributed by atoms with Crippen LogP contribution in [-0.2, 0) is 6.42 Å². The van der Waals surface area contributed by atoms with Gasteiger partial charge in [0.25, 0.3) is 0 Å². The first-order valence-electron chi connectivity index (χ1n) is 6.36. The van der Waals surface area contributed by atoms with Gasteiger partial charge in [-0.2, -0.15) is 0 Å². The summed E-state index contributed by atoms with van der Waals surface area (Å²) >= 11 is 0. The lowest BCUT2D eigenvalue weighted by atomic mass is 9.95. The molecule has 2 heteroatoms. The SMILES string of the molecule is COc1c(C)cc(CCCCCO)c(C)c1C. The number of methoxy groups -OCH3 is 1. The van der Waals surface area contributed by atoms with Gasteiger partial charge in [-0.1, -0.05) is 12.5 Å². The molecule has 17 heavy (non-hydrogen) atoms. The van der Waals surface area contributed by atoms with Crippen LogP contribution in [0.3, 0.4) is 0 Å². The fourth-order valence-electron chi connectivity index (χ4n) is 2.32. The van der Waals surface area contributed by atoms with E-state index in [1.165, 1.54) is 22.3 Å². The Morgan fingerprint density at radius 1 is 1.06 bits per heavy atom. The number of hydrogen-bond donors (Lipinski definition) is 1. The van der Waals surface area contributed by atoms with E-state index in [0.717, 1.165) is 31.4 Å². The van der Waals surface area contributed by atoms with E-state index in [1.54, 1.807) is 7.11 Å². The molecule has 2 nitrogen and oxygen atoms in total. The molecule has 0 bridgehead atoms. The van der Waals surface area contributed by atoms with E-state index < -0.39 is 0 Å². The number of hydrogen-bond acceptors (Lipinski definition) is 2. The van der Waals surface area contributed by atoms with Crippen LogP contribution in [-0.4, -0.2) is 18.8 Å². The summed E-state index contributed by atoms with van der Waals surface area (Å²) in [5.41, 5.74) is 5.23. The Labute approximate surface area is 105 Å². The van der Waals surface area contributed by atoms with Crippen molar-refractivity contribution in [3.05, 3.63) is 28.3 Å². The zero-order valence-corrected chi connectivity index (χ0v) is 11.5. The molecule has 0 fully saturated rings. The smallest absolute Gasteiger partial charge is 0.124 e. The van der Waals surface area contributed by atoms with E-state index in [2.05, 4.69) is 26.8 Å². The highest BCUT2D eigenvalue weighted by Crippen LogP contribution is 2.29. The van der Waals surface area contributed by atoms with Crippen molar-refractivity contribution in [2.45, 2.75) is 46.5 Å². The maximum absolute atomic E-state index is 8.76. The molecule has 0 saturated carbocycles. The van der Waals surface area contributed by atoms with Gasteiger partial charge in [-0.3, -0.25) is 0 Å². The highest BCUT2D eigenvalue weighted by Gasteiger charge is 2.10. The Balaban J connectivity index is 2.80. The first-order valence-corrected chi connectivity index (χ1v) is 6.36. The van der Waals surface area contributed by atoms with Crippen LogP contribution in [0.1, 0.15) is 41.5 Å². The van der Waals surface area contributed by atoms with E-state index >= 15 is 0 Å². The second kappa shape index (κ2) is 6.65. The van der Waals surface area contributed by atoms with Crippen molar-refractivity contribution in [2.75, 3.05) is 13.7 Å². The van der Waals surface area contributed by atoms with E-state index in [1.807, 2.05) is 0 Å². The van der Waals surface area contributed by atoms with Gasteiger partial charge in [-0.25, -0.2) is 0 Å². The molecule has 0 amide bonds. The summed E-state index contributed by atoms with van der Waals surface area (Å²) < 4.78 is 5.42. The van der Waals surface area contributed by atoms with Crippen LogP contribution in [0.25, 0.3) is 0 Å². The number of ether oxygens (including phenoxy) is 1. The molecule has 0 aliphatic carbocycles. The van der Waals surface area contributed by atoms with Crippen LogP contribution in [0, 0.1) is 20.8 Å². The fraction of sp³-hybridized carbons (Fsp3) is 0.600. The highest BCUT2D eigenvalue weighted by molar-refractivity contribution is 5.48. The van der Waals surface area contributed by atoms with Gasteiger partial charge >= 0.3 is 0 Å². The van der Waals surface area contributed by atoms with Crippen LogP contribution >= 0.6 is 0 Å². The largest absolute Gasteiger partial charge is 0.496 e. The molecule has 0 radical (unpaired) electrons. The number of benzene rings is 1. The van der Waals surface area contributed by atoms with Gasteiger partial charge in [0.05, 0.1) is 7.11 Å². The molecular weight excluding hydrogens is 212 g/mol. The molecule has 1 rings (SSSR count). The summed E-state index contributed by atoms with van der Waals surface area (Å²) in [7, 11) is 1.73. The monoisotopic (exact) mass is 236 g/mol. The summed E-state index contributed by atoms with van der Waals surface area (Å²) in [5.74, 6) is 1.02. The van der Waals surface area contributed by atoms with E-state index in [4.69, 9.17) is 9.84 Å². The van der Waals surface area contributed by atoms with Crippen LogP contribution in [0.2, 0.25) is 0 Å². The molecule has 1 aromatic carbocycles. The second-order valence-corrected chi connectivity index (χ2v) is 4.67. The average molecular weight is 236 g/mol. The number of aliphatic hydroxyl groups is 1. The predicted molar refractivity (Wildman–Crippen MR) is 71.8 cm³/mol. The summed E-state index contributed by atoms with van der Waals surface area (Å²) in [6.07, 6.45) is 4.25. The van der Waals surface area contributed by atoms with Crippen LogP contribution in [0.15, 0.2) is 6.07 Å². The summed E-state index contributed by atoms with van der Waals surface area (Å²) in [6, 6.07) is 2.24. The van der Waals surface area contributed by atoms with Crippen molar-refractivity contribution in [1.29, 1.82) is 0 Å². The Bertz CT molecular complexity index is 370. The molecule has 0 saturated heterocycles. The van der Waals surface area contributed by atoms with Gasteiger partial charge in [-0.05, 0) is 62.3 Å². The molecule has 0 aliphatic heterocycles. The lowest BCUT2D eigenvalue weighted by Crippen LogP contribution is -1.99. The van der Waals surface area contributed by atoms with Crippen LogP contribution < -0.4 is 4.74 Å². The minimum Gasteiger partial charge on any atom is -0.496 e. The molecule has 0 aromatic heterocycles. The third-order valence-corrected chi connectivity index (χ3v) is 3.44. The molecule has 0 atom stereocenters. The standard InChI is InChI=1S/C15H24O2/c1-11-10-14(8-6-5-7-9-16)12(2)13(3)15(11)17-4/h10,16H,5-9H2,1-4H3. The number of aliphatic hydroxyl groups excluding tert-OH is 1. The molecule has 0 heterocycles. The van der Waals surface area contributed by atoms with Gasteiger partial charge < -0.3 is 9.84 Å². The average Bonchev–Trinajstić information content (AvgIpc) is 2.31. The van der Waals surface area contributed by atoms with Crippen molar-refractivity contribution in [1.82, 2.24) is 0 Å². The molecule has 0 spiro atoms. The number of unbranched alkanes of at least 4 members (excludes halogenated alkanes) is 2. The maximum atomic E-state index is 8.76. The van der Waals surface area contributed by atoms with Gasteiger partial charge in [0, 0.05) is 6.61 Å². The van der Waals surface area contributed by atoms with E-state index in [-0.39, 0.29) is 0 Å². The molecular formula is C15H24O2. The first-order chi connectivity index (χ1) is 8.11. The molecule has 0 unspecified atom stereocenters. The summed E-state index contributed by atoms with van der Waals surface area (Å²) in [4.78, 5) is 0. The Morgan fingerprint density at radius 3 is 2.35 bits per heavy atom. The Hall–Kier alpha value is -1.02. The quantitative estimate of drug-likeness (QED) is 0.768. The van der Waals surface area contributed by atoms with Crippen molar-refractivity contribution >= 4 is 0 Å². The van der Waals surface area contributed by atoms with Crippen molar-refractivity contribution in [3.8, 4) is 5.75 Å². The van der Waals surface area contributed by atoms with Crippen LogP contribution in [0.4, 0.5) is 0 Å². The Morgan fingerprint density at radius 2 is 1.76 bits per heavy atom. The zero-order valence-electron chi connectivity index (χ0n) is 11.5.